The second-order valence-electron chi connectivity index (χ2n) is 5.98. The Bertz CT molecular complexity index is 785. The molecular formula is C18H18F5N3O2. The van der Waals surface area contributed by atoms with Crippen LogP contribution >= 0.6 is 0 Å². The summed E-state index contributed by atoms with van der Waals surface area (Å²) in [6, 6.07) is 6.86. The zero-order valence-electron chi connectivity index (χ0n) is 14.5. The van der Waals surface area contributed by atoms with Crippen molar-refractivity contribution in [1.29, 1.82) is 0 Å². The average molecular weight is 403 g/mol. The van der Waals surface area contributed by atoms with Gasteiger partial charge in [0.1, 0.15) is 18.5 Å². The molecule has 2 rings (SSSR count). The summed E-state index contributed by atoms with van der Waals surface area (Å²) < 4.78 is 64.6. The van der Waals surface area contributed by atoms with Gasteiger partial charge < -0.3 is 16.2 Å². The summed E-state index contributed by atoms with van der Waals surface area (Å²) in [5, 5.41) is 11.8. The SMILES string of the molecule is NCC(F)(F)c1ccc(-c2ccc([C@@H](O)[C@@H](CF)NC(=O)C(F)F)cc2)cn1. The molecule has 152 valence electrons. The molecule has 1 amide bonds. The zero-order valence-corrected chi connectivity index (χ0v) is 14.5. The van der Waals surface area contributed by atoms with E-state index in [9.17, 15) is 31.9 Å². The van der Waals surface area contributed by atoms with Crippen molar-refractivity contribution >= 4 is 5.91 Å². The number of carbonyl (C=O) groups is 1. The molecule has 0 aliphatic heterocycles. The van der Waals surface area contributed by atoms with Crippen molar-refractivity contribution < 1.29 is 31.9 Å². The van der Waals surface area contributed by atoms with Crippen LogP contribution in [0.3, 0.4) is 0 Å². The maximum Gasteiger partial charge on any atom is 0.315 e. The van der Waals surface area contributed by atoms with Crippen LogP contribution in [0.15, 0.2) is 42.6 Å². The number of halogens is 5. The first-order valence-electron chi connectivity index (χ1n) is 8.17. The third-order valence-corrected chi connectivity index (χ3v) is 4.05. The molecule has 0 aliphatic rings. The highest BCUT2D eigenvalue weighted by Gasteiger charge is 2.31. The molecule has 2 atom stereocenters. The van der Waals surface area contributed by atoms with Crippen LogP contribution in [0.1, 0.15) is 17.4 Å². The molecule has 0 fully saturated rings. The molecule has 0 saturated carbocycles. The van der Waals surface area contributed by atoms with E-state index in [2.05, 4.69) is 4.98 Å². The topological polar surface area (TPSA) is 88.2 Å². The number of hydrogen-bond acceptors (Lipinski definition) is 4. The van der Waals surface area contributed by atoms with E-state index in [-0.39, 0.29) is 5.56 Å². The van der Waals surface area contributed by atoms with Crippen molar-refractivity contribution in [1.82, 2.24) is 10.3 Å². The Hall–Kier alpha value is -2.59. The van der Waals surface area contributed by atoms with Gasteiger partial charge in [0.2, 0.25) is 0 Å². The first-order chi connectivity index (χ1) is 13.2. The van der Waals surface area contributed by atoms with Crippen LogP contribution < -0.4 is 11.1 Å². The molecular weight excluding hydrogens is 385 g/mol. The lowest BCUT2D eigenvalue weighted by Crippen LogP contribution is -2.43. The van der Waals surface area contributed by atoms with E-state index in [0.29, 0.717) is 11.1 Å². The van der Waals surface area contributed by atoms with Crippen molar-refractivity contribution in [3.8, 4) is 11.1 Å². The van der Waals surface area contributed by atoms with Crippen LogP contribution in [-0.2, 0) is 10.7 Å². The number of nitrogens with zero attached hydrogens (tertiary/aromatic N) is 1. The van der Waals surface area contributed by atoms with Gasteiger partial charge >= 0.3 is 12.3 Å². The number of hydrogen-bond donors (Lipinski definition) is 3. The van der Waals surface area contributed by atoms with E-state index < -0.39 is 49.3 Å². The maximum absolute atomic E-state index is 13.5. The molecule has 1 aromatic heterocycles. The second-order valence-corrected chi connectivity index (χ2v) is 5.98. The predicted molar refractivity (Wildman–Crippen MR) is 91.5 cm³/mol. The lowest BCUT2D eigenvalue weighted by Gasteiger charge is -2.22. The number of pyridine rings is 1. The maximum atomic E-state index is 13.5. The van der Waals surface area contributed by atoms with E-state index in [1.54, 1.807) is 5.32 Å². The van der Waals surface area contributed by atoms with Gasteiger partial charge in [0, 0.05) is 11.8 Å². The predicted octanol–water partition coefficient (Wildman–Crippen LogP) is 2.55. The molecule has 2 aromatic rings. The fourth-order valence-corrected chi connectivity index (χ4v) is 2.44. The molecule has 10 heteroatoms. The number of nitrogens with two attached hydrogens (primary N) is 1. The number of carbonyl (C=O) groups excluding carboxylic acids is 1. The fraction of sp³-hybridized carbons (Fsp3) is 0.333. The summed E-state index contributed by atoms with van der Waals surface area (Å²) in [6.45, 7) is -2.12. The Morgan fingerprint density at radius 2 is 1.75 bits per heavy atom. The number of rotatable bonds is 8. The Kier molecular flexibility index (Phi) is 7.03. The quantitative estimate of drug-likeness (QED) is 0.591. The normalized spacial score (nSPS) is 14.0. The fourth-order valence-electron chi connectivity index (χ4n) is 2.44. The van der Waals surface area contributed by atoms with Crippen molar-refractivity contribution in [2.45, 2.75) is 24.5 Å². The van der Waals surface area contributed by atoms with Crippen molar-refractivity contribution in [2.24, 2.45) is 5.73 Å². The molecule has 28 heavy (non-hydrogen) atoms. The Morgan fingerprint density at radius 1 is 1.14 bits per heavy atom. The first kappa shape index (κ1) is 21.7. The summed E-state index contributed by atoms with van der Waals surface area (Å²) >= 11 is 0. The van der Waals surface area contributed by atoms with Crippen LogP contribution in [0, 0.1) is 0 Å². The van der Waals surface area contributed by atoms with Crippen molar-refractivity contribution in [3.63, 3.8) is 0 Å². The smallest absolute Gasteiger partial charge is 0.315 e. The van der Waals surface area contributed by atoms with E-state index in [4.69, 9.17) is 5.73 Å². The highest BCUT2D eigenvalue weighted by atomic mass is 19.3. The molecule has 0 radical (unpaired) electrons. The minimum absolute atomic E-state index is 0.181. The van der Waals surface area contributed by atoms with Crippen LogP contribution in [0.2, 0.25) is 0 Å². The van der Waals surface area contributed by atoms with Gasteiger partial charge in [0.25, 0.3) is 5.91 Å². The number of nitrogens with one attached hydrogen (secondary N) is 1. The third-order valence-electron chi connectivity index (χ3n) is 4.05. The van der Waals surface area contributed by atoms with E-state index >= 15 is 0 Å². The van der Waals surface area contributed by atoms with E-state index in [1.165, 1.54) is 36.5 Å². The standard InChI is InChI=1S/C18H18F5N3O2/c19-7-13(26-17(28)16(20)21)15(27)11-3-1-10(2-4-11)12-5-6-14(25-8-12)18(22,23)9-24/h1-6,8,13,15-16,27H,7,9,24H2,(H,26,28)/t13-,15-/m1/s1. The molecule has 1 aromatic carbocycles. The number of aliphatic hydroxyl groups is 1. The van der Waals surface area contributed by atoms with E-state index in [1.807, 2.05) is 0 Å². The monoisotopic (exact) mass is 403 g/mol. The van der Waals surface area contributed by atoms with Gasteiger partial charge in [-0.05, 0) is 17.2 Å². The Labute approximate surface area is 157 Å². The molecule has 4 N–H and O–H groups in total. The summed E-state index contributed by atoms with van der Waals surface area (Å²) in [5.74, 6) is -4.92. The highest BCUT2D eigenvalue weighted by molar-refractivity contribution is 5.79. The molecule has 1 heterocycles. The molecule has 0 unspecified atom stereocenters. The van der Waals surface area contributed by atoms with Gasteiger partial charge in [0.15, 0.2) is 0 Å². The summed E-state index contributed by atoms with van der Waals surface area (Å²) in [6.07, 6.45) is -3.64. The first-order valence-corrected chi connectivity index (χ1v) is 8.17. The van der Waals surface area contributed by atoms with Crippen LogP contribution in [0.25, 0.3) is 11.1 Å². The van der Waals surface area contributed by atoms with Gasteiger partial charge in [-0.25, -0.2) is 4.39 Å². The number of benzene rings is 1. The number of amides is 1. The van der Waals surface area contributed by atoms with Crippen molar-refractivity contribution in [2.75, 3.05) is 13.2 Å². The van der Waals surface area contributed by atoms with Gasteiger partial charge in [-0.1, -0.05) is 30.3 Å². The number of alkyl halides is 5. The molecule has 0 bridgehead atoms. The van der Waals surface area contributed by atoms with Gasteiger partial charge in [-0.2, -0.15) is 17.6 Å². The Morgan fingerprint density at radius 3 is 2.21 bits per heavy atom. The number of aromatic nitrogens is 1. The van der Waals surface area contributed by atoms with Crippen LogP contribution in [0.5, 0.6) is 0 Å². The van der Waals surface area contributed by atoms with Crippen molar-refractivity contribution in [3.05, 3.63) is 53.9 Å². The zero-order chi connectivity index (χ0) is 20.9. The molecule has 0 spiro atoms. The lowest BCUT2D eigenvalue weighted by atomic mass is 9.99. The van der Waals surface area contributed by atoms with Gasteiger partial charge in [-0.15, -0.1) is 0 Å². The molecule has 0 aliphatic carbocycles. The molecule has 5 nitrogen and oxygen atoms in total. The average Bonchev–Trinajstić information content (AvgIpc) is 2.71. The van der Waals surface area contributed by atoms with Crippen LogP contribution in [0.4, 0.5) is 22.0 Å². The number of aliphatic hydroxyl groups excluding tert-OH is 1. The van der Waals surface area contributed by atoms with E-state index in [0.717, 1.165) is 6.07 Å². The van der Waals surface area contributed by atoms with Crippen LogP contribution in [-0.4, -0.2) is 41.7 Å². The highest BCUT2D eigenvalue weighted by Crippen LogP contribution is 2.28. The third kappa shape index (κ3) is 5.02. The summed E-state index contributed by atoms with van der Waals surface area (Å²) in [7, 11) is 0. The second kappa shape index (κ2) is 9.07. The minimum Gasteiger partial charge on any atom is -0.386 e. The van der Waals surface area contributed by atoms with Gasteiger partial charge in [-0.3, -0.25) is 9.78 Å². The summed E-state index contributed by atoms with van der Waals surface area (Å²) in [4.78, 5) is 14.7. The Balaban J connectivity index is 2.15. The molecule has 0 saturated heterocycles. The largest absolute Gasteiger partial charge is 0.386 e. The van der Waals surface area contributed by atoms with Gasteiger partial charge in [0.05, 0.1) is 12.6 Å². The summed E-state index contributed by atoms with van der Waals surface area (Å²) in [5.41, 5.74) is 5.80. The minimum atomic E-state index is -3.33. The lowest BCUT2D eigenvalue weighted by molar-refractivity contribution is -0.133.